The maximum absolute atomic E-state index is 12.2. The number of aromatic nitrogens is 4. The summed E-state index contributed by atoms with van der Waals surface area (Å²) in [6.45, 7) is 3.66. The second kappa shape index (κ2) is 8.62. The molecule has 0 bridgehead atoms. The van der Waals surface area contributed by atoms with Crippen molar-refractivity contribution in [1.29, 1.82) is 0 Å². The van der Waals surface area contributed by atoms with Gasteiger partial charge in [-0.2, -0.15) is 0 Å². The number of para-hydroxylation sites is 1. The number of rotatable bonds is 6. The van der Waals surface area contributed by atoms with Gasteiger partial charge >= 0.3 is 0 Å². The van der Waals surface area contributed by atoms with Gasteiger partial charge in [-0.05, 0) is 31.9 Å². The lowest BCUT2D eigenvalue weighted by molar-refractivity contribution is -0.120. The third-order valence-electron chi connectivity index (χ3n) is 4.44. The van der Waals surface area contributed by atoms with Gasteiger partial charge in [0.25, 0.3) is 0 Å². The molecule has 3 heterocycles. The zero-order valence-electron chi connectivity index (χ0n) is 15.1. The van der Waals surface area contributed by atoms with Crippen LogP contribution in [0.1, 0.15) is 32.0 Å². The summed E-state index contributed by atoms with van der Waals surface area (Å²) in [7, 11) is 0. The molecule has 1 saturated heterocycles. The molecule has 2 aromatic heterocycles. The van der Waals surface area contributed by atoms with Crippen molar-refractivity contribution in [2.24, 2.45) is 0 Å². The Morgan fingerprint density at radius 1 is 1.30 bits per heavy atom. The largest absolute Gasteiger partial charge is 0.355 e. The Labute approximate surface area is 170 Å². The van der Waals surface area contributed by atoms with Gasteiger partial charge in [0.2, 0.25) is 5.91 Å². The van der Waals surface area contributed by atoms with Crippen LogP contribution in [0.2, 0.25) is 0 Å². The lowest BCUT2D eigenvalue weighted by Gasteiger charge is -2.13. The van der Waals surface area contributed by atoms with E-state index in [0.717, 1.165) is 58.9 Å². The number of amides is 1. The second-order valence-electron chi connectivity index (χ2n) is 6.27. The van der Waals surface area contributed by atoms with Gasteiger partial charge in [-0.3, -0.25) is 4.79 Å². The Bertz CT molecular complexity index is 905. The van der Waals surface area contributed by atoms with Crippen LogP contribution < -0.4 is 5.32 Å². The molecule has 1 aliphatic heterocycles. The second-order valence-corrected chi connectivity index (χ2v) is 9.70. The summed E-state index contributed by atoms with van der Waals surface area (Å²) in [5.74, 6) is 1.77. The fourth-order valence-electron chi connectivity index (χ4n) is 3.02. The molecule has 0 aliphatic carbocycles. The minimum Gasteiger partial charge on any atom is -0.355 e. The van der Waals surface area contributed by atoms with Crippen LogP contribution in [-0.2, 0) is 17.1 Å². The van der Waals surface area contributed by atoms with Crippen molar-refractivity contribution in [2.75, 3.05) is 6.54 Å². The summed E-state index contributed by atoms with van der Waals surface area (Å²) in [6.07, 6.45) is 3.01. The predicted molar refractivity (Wildman–Crippen MR) is 111 cm³/mol. The van der Waals surface area contributed by atoms with Crippen molar-refractivity contribution in [3.05, 3.63) is 30.1 Å². The van der Waals surface area contributed by atoms with Gasteiger partial charge in [0.05, 0.1) is 21.2 Å². The first-order chi connectivity index (χ1) is 13.2. The molecule has 142 valence electrons. The molecule has 0 saturated carbocycles. The third-order valence-corrected chi connectivity index (χ3v) is 7.86. The Kier molecular flexibility index (Phi) is 5.99. The number of nitrogens with zero attached hydrogens (tertiary/aromatic N) is 4. The van der Waals surface area contributed by atoms with Crippen molar-refractivity contribution in [2.45, 2.75) is 53.2 Å². The summed E-state index contributed by atoms with van der Waals surface area (Å²) in [5.41, 5.74) is 1.04. The number of hydrogen-bond donors (Lipinski definition) is 1. The van der Waals surface area contributed by atoms with Crippen LogP contribution in [0.4, 0.5) is 0 Å². The fraction of sp³-hybridized carbons (Fsp3) is 0.444. The molecule has 1 aliphatic rings. The summed E-state index contributed by atoms with van der Waals surface area (Å²) in [6, 6.07) is 8.18. The van der Waals surface area contributed by atoms with Crippen molar-refractivity contribution in [3.63, 3.8) is 0 Å². The Hall–Kier alpha value is -1.58. The number of thiazole rings is 1. The van der Waals surface area contributed by atoms with E-state index in [1.165, 1.54) is 16.5 Å². The number of hydrogen-bond acceptors (Lipinski definition) is 7. The van der Waals surface area contributed by atoms with E-state index in [0.29, 0.717) is 0 Å². The molecule has 6 nitrogen and oxygen atoms in total. The number of thioether (sulfide) groups is 2. The third kappa shape index (κ3) is 4.30. The van der Waals surface area contributed by atoms with E-state index in [-0.39, 0.29) is 11.2 Å². The van der Waals surface area contributed by atoms with Gasteiger partial charge in [-0.15, -0.1) is 21.5 Å². The van der Waals surface area contributed by atoms with Crippen LogP contribution in [0.3, 0.4) is 0 Å². The maximum Gasteiger partial charge on any atom is 0.233 e. The van der Waals surface area contributed by atoms with Crippen molar-refractivity contribution in [3.8, 4) is 0 Å². The van der Waals surface area contributed by atoms with Crippen molar-refractivity contribution >= 4 is 51.0 Å². The van der Waals surface area contributed by atoms with Crippen LogP contribution in [-0.4, -0.2) is 37.5 Å². The Morgan fingerprint density at radius 3 is 3.04 bits per heavy atom. The van der Waals surface area contributed by atoms with Crippen molar-refractivity contribution < 1.29 is 4.79 Å². The molecular weight excluding hydrogens is 398 g/mol. The van der Waals surface area contributed by atoms with Gasteiger partial charge in [0.1, 0.15) is 5.82 Å². The number of carbonyl (C=O) groups excluding carboxylic acids is 1. The number of nitrogens with one attached hydrogen (secondary N) is 1. The highest BCUT2D eigenvalue weighted by molar-refractivity contribution is 8.00. The van der Waals surface area contributed by atoms with E-state index in [9.17, 15) is 4.79 Å². The average Bonchev–Trinajstić information content (AvgIpc) is 3.21. The normalized spacial score (nSPS) is 17.8. The quantitative estimate of drug-likeness (QED) is 0.610. The average molecular weight is 420 g/mol. The monoisotopic (exact) mass is 419 g/mol. The molecule has 1 N–H and O–H groups in total. The molecule has 9 heteroatoms. The molecule has 0 spiro atoms. The SMILES string of the molecule is CCn1c(CSc2nc3ccccc3s2)nnc1SC1CCCCNC1=O. The molecule has 1 fully saturated rings. The highest BCUT2D eigenvalue weighted by Crippen LogP contribution is 2.32. The van der Waals surface area contributed by atoms with Crippen LogP contribution in [0.15, 0.2) is 33.8 Å². The molecule has 1 aromatic carbocycles. The molecule has 1 atom stereocenters. The maximum atomic E-state index is 12.2. The summed E-state index contributed by atoms with van der Waals surface area (Å²) in [4.78, 5) is 16.9. The summed E-state index contributed by atoms with van der Waals surface area (Å²) < 4.78 is 4.36. The van der Waals surface area contributed by atoms with E-state index in [2.05, 4.69) is 38.1 Å². The van der Waals surface area contributed by atoms with Gasteiger partial charge in [-0.1, -0.05) is 42.1 Å². The zero-order valence-corrected chi connectivity index (χ0v) is 17.5. The van der Waals surface area contributed by atoms with E-state index in [4.69, 9.17) is 0 Å². The van der Waals surface area contributed by atoms with Gasteiger partial charge in [-0.25, -0.2) is 4.98 Å². The van der Waals surface area contributed by atoms with Gasteiger partial charge in [0.15, 0.2) is 9.50 Å². The Morgan fingerprint density at radius 2 is 2.19 bits per heavy atom. The number of carbonyl (C=O) groups is 1. The fourth-order valence-corrected chi connectivity index (χ4v) is 6.21. The van der Waals surface area contributed by atoms with Crippen LogP contribution in [0.5, 0.6) is 0 Å². The van der Waals surface area contributed by atoms with Crippen LogP contribution in [0.25, 0.3) is 10.2 Å². The van der Waals surface area contributed by atoms with Gasteiger partial charge in [0, 0.05) is 13.1 Å². The summed E-state index contributed by atoms with van der Waals surface area (Å²) >= 11 is 4.93. The lowest BCUT2D eigenvalue weighted by Crippen LogP contribution is -2.30. The first-order valence-corrected chi connectivity index (χ1v) is 11.8. The summed E-state index contributed by atoms with van der Waals surface area (Å²) in [5, 5.41) is 12.5. The predicted octanol–water partition coefficient (Wildman–Crippen LogP) is 3.96. The van der Waals surface area contributed by atoms with Crippen molar-refractivity contribution in [1.82, 2.24) is 25.1 Å². The van der Waals surface area contributed by atoms with Crippen LogP contribution in [0, 0.1) is 0 Å². The molecule has 0 radical (unpaired) electrons. The number of benzene rings is 1. The smallest absolute Gasteiger partial charge is 0.233 e. The number of fused-ring (bicyclic) bond motifs is 1. The van der Waals surface area contributed by atoms with E-state index in [1.54, 1.807) is 23.1 Å². The standard InChI is InChI=1S/C18H21N5OS3/c1-2-23-15(11-25-18-20-12-7-3-4-8-13(12)27-18)21-22-17(23)26-14-9-5-6-10-19-16(14)24/h3-4,7-8,14H,2,5-6,9-11H2,1H3,(H,19,24). The molecule has 27 heavy (non-hydrogen) atoms. The van der Waals surface area contributed by atoms with Gasteiger partial charge < -0.3 is 9.88 Å². The topological polar surface area (TPSA) is 72.7 Å². The van der Waals surface area contributed by atoms with Crippen LogP contribution >= 0.6 is 34.9 Å². The lowest BCUT2D eigenvalue weighted by atomic mass is 10.2. The van der Waals surface area contributed by atoms with E-state index < -0.39 is 0 Å². The molecule has 1 unspecified atom stereocenters. The molecule has 1 amide bonds. The highest BCUT2D eigenvalue weighted by atomic mass is 32.2. The highest BCUT2D eigenvalue weighted by Gasteiger charge is 2.25. The van der Waals surface area contributed by atoms with E-state index >= 15 is 0 Å². The minimum absolute atomic E-state index is 0.0771. The van der Waals surface area contributed by atoms with E-state index in [1.807, 2.05) is 18.2 Å². The minimum atomic E-state index is -0.0771. The zero-order chi connectivity index (χ0) is 18.6. The molecule has 3 aromatic rings. The first-order valence-electron chi connectivity index (χ1n) is 9.09. The first kappa shape index (κ1) is 18.8. The molecular formula is C18H21N5OS3. The molecule has 4 rings (SSSR count). The Balaban J connectivity index is 1.46.